The van der Waals surface area contributed by atoms with E-state index in [1.165, 1.54) is 6.07 Å². The van der Waals surface area contributed by atoms with Gasteiger partial charge in [0.15, 0.2) is 0 Å². The quantitative estimate of drug-likeness (QED) is 0.345. The summed E-state index contributed by atoms with van der Waals surface area (Å²) >= 11 is 5.88. The zero-order chi connectivity index (χ0) is 24.6. The maximum Gasteiger partial charge on any atom is 0.309 e. The molecule has 2 rings (SSSR count). The molecule has 1 N–H and O–H groups in total. The van der Waals surface area contributed by atoms with Crippen LogP contribution in [-0.4, -0.2) is 22.6 Å². The third-order valence-corrected chi connectivity index (χ3v) is 5.84. The van der Waals surface area contributed by atoms with Gasteiger partial charge in [-0.05, 0) is 75.3 Å². The maximum absolute atomic E-state index is 13.4. The molecule has 2 aromatic rings. The summed E-state index contributed by atoms with van der Waals surface area (Å²) in [7, 11) is 0. The minimum absolute atomic E-state index is 0.0727. The summed E-state index contributed by atoms with van der Waals surface area (Å²) < 4.78 is 18.9. The predicted molar refractivity (Wildman–Crippen MR) is 130 cm³/mol. The summed E-state index contributed by atoms with van der Waals surface area (Å²) in [6.07, 6.45) is 3.70. The highest BCUT2D eigenvalue weighted by Gasteiger charge is 2.30. The molecule has 0 bridgehead atoms. The molecule has 0 fully saturated rings. The van der Waals surface area contributed by atoms with E-state index in [4.69, 9.17) is 16.3 Å². The van der Waals surface area contributed by atoms with E-state index in [-0.39, 0.29) is 17.4 Å². The van der Waals surface area contributed by atoms with Crippen LogP contribution in [0.1, 0.15) is 65.4 Å². The Morgan fingerprint density at radius 2 is 1.67 bits per heavy atom. The number of rotatable bonds is 11. The average molecular weight is 477 g/mol. The number of aryl methyl sites for hydroxylation is 1. The van der Waals surface area contributed by atoms with E-state index in [0.29, 0.717) is 19.3 Å². The second kappa shape index (κ2) is 12.2. The molecule has 0 heterocycles. The summed E-state index contributed by atoms with van der Waals surface area (Å²) in [6.45, 7) is 7.50. The molecule has 0 saturated heterocycles. The Labute approximate surface area is 201 Å². The standard InChI is InChI=1S/C27H34ClFO4/c1-5-6-7-22(26(32)33-27(2,3)4)16-21(25(30)31)13-10-18-8-11-19(12-9-18)20-14-15-24(29)23(28)17-20/h8-9,11-12,14-15,17,21-22H,5-7,10,13,16H2,1-4H3,(H,30,31)/t21-,22-/m0/s1. The van der Waals surface area contributed by atoms with Gasteiger partial charge >= 0.3 is 11.9 Å². The number of aliphatic carboxylic acids is 1. The Morgan fingerprint density at radius 3 is 2.21 bits per heavy atom. The summed E-state index contributed by atoms with van der Waals surface area (Å²) in [6, 6.07) is 12.3. The average Bonchev–Trinajstić information content (AvgIpc) is 2.74. The lowest BCUT2D eigenvalue weighted by molar-refractivity contribution is -0.161. The van der Waals surface area contributed by atoms with Crippen LogP contribution in [0.15, 0.2) is 42.5 Å². The van der Waals surface area contributed by atoms with Crippen LogP contribution in [0.3, 0.4) is 0 Å². The van der Waals surface area contributed by atoms with Gasteiger partial charge in [0.1, 0.15) is 11.4 Å². The highest BCUT2D eigenvalue weighted by Crippen LogP contribution is 2.28. The summed E-state index contributed by atoms with van der Waals surface area (Å²) in [4.78, 5) is 24.6. The third-order valence-electron chi connectivity index (χ3n) is 5.55. The normalized spacial score (nSPS) is 13.4. The number of hydrogen-bond acceptors (Lipinski definition) is 3. The largest absolute Gasteiger partial charge is 0.481 e. The van der Waals surface area contributed by atoms with Crippen LogP contribution in [0.25, 0.3) is 11.1 Å². The molecule has 33 heavy (non-hydrogen) atoms. The lowest BCUT2D eigenvalue weighted by Gasteiger charge is -2.25. The van der Waals surface area contributed by atoms with Crippen LogP contribution in [0.4, 0.5) is 4.39 Å². The van der Waals surface area contributed by atoms with E-state index in [2.05, 4.69) is 0 Å². The Hall–Kier alpha value is -2.40. The third kappa shape index (κ3) is 8.81. The number of carbonyl (C=O) groups is 2. The van der Waals surface area contributed by atoms with Crippen molar-refractivity contribution in [2.75, 3.05) is 0 Å². The van der Waals surface area contributed by atoms with Crippen LogP contribution < -0.4 is 0 Å². The zero-order valence-corrected chi connectivity index (χ0v) is 20.6. The second-order valence-corrected chi connectivity index (χ2v) is 9.92. The van der Waals surface area contributed by atoms with Gasteiger partial charge < -0.3 is 9.84 Å². The monoisotopic (exact) mass is 476 g/mol. The van der Waals surface area contributed by atoms with Crippen LogP contribution in [0, 0.1) is 17.7 Å². The maximum atomic E-state index is 13.4. The number of esters is 1. The molecule has 0 unspecified atom stereocenters. The van der Waals surface area contributed by atoms with Crippen LogP contribution in [-0.2, 0) is 20.7 Å². The van der Waals surface area contributed by atoms with Crippen LogP contribution >= 0.6 is 11.6 Å². The first-order chi connectivity index (χ1) is 15.5. The molecular formula is C27H34ClFO4. The lowest BCUT2D eigenvalue weighted by Crippen LogP contribution is -2.31. The fraction of sp³-hybridized carbons (Fsp3) is 0.481. The molecule has 0 radical (unpaired) electrons. The van der Waals surface area contributed by atoms with Crippen molar-refractivity contribution >= 4 is 23.5 Å². The minimum Gasteiger partial charge on any atom is -0.481 e. The van der Waals surface area contributed by atoms with Crippen molar-refractivity contribution in [2.45, 2.75) is 71.8 Å². The SMILES string of the molecule is CCCC[C@@H](C[C@H](CCc1ccc(-c2ccc(F)c(Cl)c2)cc1)C(=O)O)C(=O)OC(C)(C)C. The molecule has 0 aliphatic rings. The van der Waals surface area contributed by atoms with Gasteiger partial charge in [0.25, 0.3) is 0 Å². The van der Waals surface area contributed by atoms with E-state index in [9.17, 15) is 19.1 Å². The molecule has 2 aromatic carbocycles. The molecule has 2 atom stereocenters. The lowest BCUT2D eigenvalue weighted by atomic mass is 9.87. The van der Waals surface area contributed by atoms with Crippen LogP contribution in [0.5, 0.6) is 0 Å². The predicted octanol–water partition coefficient (Wildman–Crippen LogP) is 7.32. The molecule has 6 heteroatoms. The van der Waals surface area contributed by atoms with Gasteiger partial charge in [-0.15, -0.1) is 0 Å². The molecule has 0 spiro atoms. The zero-order valence-electron chi connectivity index (χ0n) is 19.9. The molecule has 0 aromatic heterocycles. The number of carboxylic acid groups (broad SMARTS) is 1. The first-order valence-corrected chi connectivity index (χ1v) is 11.9. The van der Waals surface area contributed by atoms with Gasteiger partial charge in [-0.2, -0.15) is 0 Å². The Bertz CT molecular complexity index is 934. The second-order valence-electron chi connectivity index (χ2n) is 9.51. The van der Waals surface area contributed by atoms with Crippen LogP contribution in [0.2, 0.25) is 5.02 Å². The molecule has 180 valence electrons. The van der Waals surface area contributed by atoms with Gasteiger partial charge in [-0.25, -0.2) is 4.39 Å². The summed E-state index contributed by atoms with van der Waals surface area (Å²) in [5.41, 5.74) is 2.12. The van der Waals surface area contributed by atoms with E-state index >= 15 is 0 Å². The number of hydrogen-bond donors (Lipinski definition) is 1. The van der Waals surface area contributed by atoms with E-state index in [1.807, 2.05) is 52.0 Å². The van der Waals surface area contributed by atoms with Crippen molar-refractivity contribution in [1.82, 2.24) is 0 Å². The van der Waals surface area contributed by atoms with Gasteiger partial charge in [-0.1, -0.05) is 61.7 Å². The van der Waals surface area contributed by atoms with Crippen molar-refractivity contribution in [3.8, 4) is 11.1 Å². The van der Waals surface area contributed by atoms with Gasteiger partial charge in [0, 0.05) is 0 Å². The molecule has 0 amide bonds. The van der Waals surface area contributed by atoms with Crippen molar-refractivity contribution in [3.05, 3.63) is 58.9 Å². The summed E-state index contributed by atoms with van der Waals surface area (Å²) in [5.74, 6) is -2.71. The van der Waals surface area contributed by atoms with Gasteiger partial charge in [0.2, 0.25) is 0 Å². The molecular weight excluding hydrogens is 443 g/mol. The first-order valence-electron chi connectivity index (χ1n) is 11.5. The van der Waals surface area contributed by atoms with Gasteiger partial charge in [0.05, 0.1) is 16.9 Å². The molecule has 0 saturated carbocycles. The van der Waals surface area contributed by atoms with Crippen molar-refractivity contribution in [3.63, 3.8) is 0 Å². The number of carboxylic acids is 1. The van der Waals surface area contributed by atoms with E-state index in [0.717, 1.165) is 29.5 Å². The number of benzene rings is 2. The van der Waals surface area contributed by atoms with E-state index in [1.54, 1.807) is 12.1 Å². The summed E-state index contributed by atoms with van der Waals surface area (Å²) in [5, 5.41) is 9.86. The topological polar surface area (TPSA) is 63.6 Å². The molecule has 0 aliphatic carbocycles. The van der Waals surface area contributed by atoms with Crippen molar-refractivity contribution < 1.29 is 23.8 Å². The smallest absolute Gasteiger partial charge is 0.309 e. The highest BCUT2D eigenvalue weighted by molar-refractivity contribution is 6.31. The number of halogens is 2. The Balaban J connectivity index is 2.05. The number of carbonyl (C=O) groups excluding carboxylic acids is 1. The number of unbranched alkanes of at least 4 members (excludes halogenated alkanes) is 1. The minimum atomic E-state index is -0.891. The van der Waals surface area contributed by atoms with Crippen molar-refractivity contribution in [1.29, 1.82) is 0 Å². The number of ether oxygens (including phenoxy) is 1. The fourth-order valence-electron chi connectivity index (χ4n) is 3.73. The fourth-order valence-corrected chi connectivity index (χ4v) is 3.91. The highest BCUT2D eigenvalue weighted by atomic mass is 35.5. The van der Waals surface area contributed by atoms with Gasteiger partial charge in [-0.3, -0.25) is 9.59 Å². The molecule has 4 nitrogen and oxygen atoms in total. The Kier molecular flexibility index (Phi) is 9.90. The molecule has 0 aliphatic heterocycles. The van der Waals surface area contributed by atoms with E-state index < -0.39 is 29.2 Å². The van der Waals surface area contributed by atoms with Crippen molar-refractivity contribution in [2.24, 2.45) is 11.8 Å². The first kappa shape index (κ1) is 26.8. The Morgan fingerprint density at radius 1 is 1.03 bits per heavy atom.